The van der Waals surface area contributed by atoms with Crippen LogP contribution in [0, 0.1) is 15.4 Å². The maximum atomic E-state index is 13.6. The zero-order valence-corrected chi connectivity index (χ0v) is 20.7. The smallest absolute Gasteiger partial charge is 0.254 e. The number of methoxy groups -OCH3 is 2. The molecule has 0 N–H and O–H groups in total. The van der Waals surface area contributed by atoms with E-state index in [1.807, 2.05) is 30.3 Å². The average molecular weight is 564 g/mol. The summed E-state index contributed by atoms with van der Waals surface area (Å²) in [7, 11) is 3.15. The first-order valence-corrected chi connectivity index (χ1v) is 12.1. The molecule has 0 radical (unpaired) electrons. The van der Waals surface area contributed by atoms with E-state index in [9.17, 15) is 9.59 Å². The number of amides is 2. The summed E-state index contributed by atoms with van der Waals surface area (Å²) >= 11 is 2.16. The number of nitrogens with zero attached hydrogens (tertiary/aromatic N) is 2. The van der Waals surface area contributed by atoms with E-state index >= 15 is 0 Å². The molecule has 1 heterocycles. The van der Waals surface area contributed by atoms with Crippen LogP contribution in [0.25, 0.3) is 0 Å². The number of hydrazone groups is 1. The normalized spacial score (nSPS) is 24.3. The number of rotatable bonds is 4. The van der Waals surface area contributed by atoms with Gasteiger partial charge in [-0.25, -0.2) is 0 Å². The molecule has 1 fully saturated rings. The van der Waals surface area contributed by atoms with Crippen molar-refractivity contribution < 1.29 is 19.1 Å². The van der Waals surface area contributed by atoms with Crippen LogP contribution in [0.5, 0.6) is 11.5 Å². The van der Waals surface area contributed by atoms with E-state index < -0.39 is 11.8 Å². The minimum atomic E-state index is -0.440. The first kappa shape index (κ1) is 21.3. The Balaban J connectivity index is 1.40. The van der Waals surface area contributed by atoms with Crippen molar-refractivity contribution in [3.05, 3.63) is 92.1 Å². The number of ether oxygens (including phenoxy) is 2. The van der Waals surface area contributed by atoms with E-state index in [2.05, 4.69) is 52.0 Å². The van der Waals surface area contributed by atoms with E-state index in [0.29, 0.717) is 17.1 Å². The molecule has 170 valence electrons. The lowest BCUT2D eigenvalue weighted by Gasteiger charge is -2.45. The van der Waals surface area contributed by atoms with Crippen LogP contribution in [0.2, 0.25) is 0 Å². The number of carbonyl (C=O) groups is 2. The molecule has 1 aliphatic heterocycles. The summed E-state index contributed by atoms with van der Waals surface area (Å²) in [5, 5.41) is 5.46. The Labute approximate surface area is 210 Å². The summed E-state index contributed by atoms with van der Waals surface area (Å²) in [6.45, 7) is 0. The van der Waals surface area contributed by atoms with Gasteiger partial charge in [0, 0.05) is 11.8 Å². The van der Waals surface area contributed by atoms with Crippen LogP contribution in [0.3, 0.4) is 0 Å². The molecule has 0 unspecified atom stereocenters. The minimum absolute atomic E-state index is 0.138. The number of hydrogen-bond donors (Lipinski definition) is 0. The number of benzene rings is 3. The highest BCUT2D eigenvalue weighted by Gasteiger charge is 2.61. The maximum absolute atomic E-state index is 13.6. The van der Waals surface area contributed by atoms with Crippen LogP contribution in [0.15, 0.2) is 65.8 Å². The summed E-state index contributed by atoms with van der Waals surface area (Å²) in [6, 6.07) is 20.0. The van der Waals surface area contributed by atoms with E-state index in [1.165, 1.54) is 0 Å². The standard InChI is InChI=1S/C27H21IN2O4/c1-33-20-12-14(11-19(28)25(20)34-2)13-29-30-26(31)23-21-15-7-3-4-8-16(15)22(24(23)27(30)32)18-10-6-5-9-17(18)21/h3-13,21-24H,1-2H3/b29-13-/t21?,22?,23-,24-/m0/s1. The van der Waals surface area contributed by atoms with Crippen molar-refractivity contribution >= 4 is 40.6 Å². The highest BCUT2D eigenvalue weighted by Crippen LogP contribution is 2.60. The zero-order chi connectivity index (χ0) is 23.6. The molecule has 6 nitrogen and oxygen atoms in total. The van der Waals surface area contributed by atoms with Crippen molar-refractivity contribution in [3.63, 3.8) is 0 Å². The molecule has 7 heteroatoms. The van der Waals surface area contributed by atoms with E-state index in [4.69, 9.17) is 9.47 Å². The van der Waals surface area contributed by atoms with Gasteiger partial charge in [0.05, 0.1) is 35.8 Å². The Kier molecular flexibility index (Phi) is 4.98. The quantitative estimate of drug-likeness (QED) is 0.265. The molecule has 1 saturated heterocycles. The van der Waals surface area contributed by atoms with Gasteiger partial charge in [-0.05, 0) is 62.5 Å². The van der Waals surface area contributed by atoms with Gasteiger partial charge in [0.15, 0.2) is 11.5 Å². The van der Waals surface area contributed by atoms with Gasteiger partial charge in [0.1, 0.15) is 0 Å². The van der Waals surface area contributed by atoms with Crippen molar-refractivity contribution in [3.8, 4) is 11.5 Å². The molecule has 3 aliphatic carbocycles. The Morgan fingerprint density at radius 1 is 0.824 bits per heavy atom. The summed E-state index contributed by atoms with van der Waals surface area (Å²) < 4.78 is 11.7. The van der Waals surface area contributed by atoms with Crippen molar-refractivity contribution in [2.75, 3.05) is 14.2 Å². The Morgan fingerprint density at radius 3 is 1.76 bits per heavy atom. The topological polar surface area (TPSA) is 68.2 Å². The Hall–Kier alpha value is -3.20. The largest absolute Gasteiger partial charge is 0.493 e. The monoisotopic (exact) mass is 564 g/mol. The fraction of sp³-hybridized carbons (Fsp3) is 0.222. The molecule has 2 bridgehead atoms. The first-order chi connectivity index (χ1) is 16.5. The fourth-order valence-electron chi connectivity index (χ4n) is 5.91. The Bertz CT molecular complexity index is 1270. The van der Waals surface area contributed by atoms with Crippen LogP contribution in [0.1, 0.15) is 39.7 Å². The van der Waals surface area contributed by atoms with E-state index in [-0.39, 0.29) is 23.7 Å². The number of carbonyl (C=O) groups excluding carboxylic acids is 2. The second-order valence-corrected chi connectivity index (χ2v) is 9.90. The maximum Gasteiger partial charge on any atom is 0.254 e. The predicted molar refractivity (Wildman–Crippen MR) is 135 cm³/mol. The third-order valence-electron chi connectivity index (χ3n) is 7.20. The second-order valence-electron chi connectivity index (χ2n) is 8.74. The fourth-order valence-corrected chi connectivity index (χ4v) is 6.76. The predicted octanol–water partition coefficient (Wildman–Crippen LogP) is 4.53. The molecule has 2 amide bonds. The van der Waals surface area contributed by atoms with Gasteiger partial charge in [-0.15, -0.1) is 0 Å². The van der Waals surface area contributed by atoms with Crippen molar-refractivity contribution in [1.29, 1.82) is 0 Å². The molecule has 4 aliphatic rings. The molecule has 34 heavy (non-hydrogen) atoms. The molecule has 0 spiro atoms. The van der Waals surface area contributed by atoms with Gasteiger partial charge in [-0.2, -0.15) is 10.1 Å². The molecule has 0 aromatic heterocycles. The second kappa shape index (κ2) is 7.94. The summed E-state index contributed by atoms with van der Waals surface area (Å²) in [5.74, 6) is -0.433. The molecular weight excluding hydrogens is 543 g/mol. The third-order valence-corrected chi connectivity index (χ3v) is 8.00. The lowest BCUT2D eigenvalue weighted by atomic mass is 9.55. The molecular formula is C27H21IN2O4. The first-order valence-electron chi connectivity index (χ1n) is 11.1. The average Bonchev–Trinajstić information content (AvgIpc) is 3.12. The molecule has 2 atom stereocenters. The number of hydrogen-bond acceptors (Lipinski definition) is 5. The lowest BCUT2D eigenvalue weighted by Crippen LogP contribution is -2.41. The summed E-state index contributed by atoms with van der Waals surface area (Å²) in [5.41, 5.74) is 5.30. The number of imide groups is 1. The number of halogens is 1. The Morgan fingerprint density at radius 2 is 1.32 bits per heavy atom. The van der Waals surface area contributed by atoms with Gasteiger partial charge in [0.2, 0.25) is 0 Å². The van der Waals surface area contributed by atoms with E-state index in [0.717, 1.165) is 30.8 Å². The van der Waals surface area contributed by atoms with Crippen LogP contribution in [-0.2, 0) is 9.59 Å². The summed E-state index contributed by atoms with van der Waals surface area (Å²) in [4.78, 5) is 27.2. The highest BCUT2D eigenvalue weighted by atomic mass is 127. The zero-order valence-electron chi connectivity index (χ0n) is 18.6. The summed E-state index contributed by atoms with van der Waals surface area (Å²) in [6.07, 6.45) is 1.54. The molecule has 3 aromatic rings. The molecule has 0 saturated carbocycles. The molecule has 7 rings (SSSR count). The van der Waals surface area contributed by atoms with Gasteiger partial charge >= 0.3 is 0 Å². The van der Waals surface area contributed by atoms with Crippen molar-refractivity contribution in [1.82, 2.24) is 5.01 Å². The van der Waals surface area contributed by atoms with Gasteiger partial charge < -0.3 is 9.47 Å². The van der Waals surface area contributed by atoms with Crippen LogP contribution in [0.4, 0.5) is 0 Å². The van der Waals surface area contributed by atoms with Gasteiger partial charge in [-0.3, -0.25) is 9.59 Å². The molecule has 3 aromatic carbocycles. The van der Waals surface area contributed by atoms with Gasteiger partial charge in [-0.1, -0.05) is 48.5 Å². The highest BCUT2D eigenvalue weighted by molar-refractivity contribution is 14.1. The van der Waals surface area contributed by atoms with E-state index in [1.54, 1.807) is 26.5 Å². The third kappa shape index (κ3) is 2.89. The SMILES string of the molecule is COc1cc(/C=N\N2C(=O)[C@H]3C4c5ccccc5C(c5ccccc54)[C@@H]3C2=O)cc(I)c1OC. The van der Waals surface area contributed by atoms with Crippen molar-refractivity contribution in [2.24, 2.45) is 16.9 Å². The van der Waals surface area contributed by atoms with Crippen LogP contribution in [-0.4, -0.2) is 37.3 Å². The minimum Gasteiger partial charge on any atom is -0.493 e. The lowest BCUT2D eigenvalue weighted by molar-refractivity contribution is -0.139. The van der Waals surface area contributed by atoms with Crippen molar-refractivity contribution in [2.45, 2.75) is 11.8 Å². The van der Waals surface area contributed by atoms with Crippen LogP contribution >= 0.6 is 22.6 Å². The van der Waals surface area contributed by atoms with Gasteiger partial charge in [0.25, 0.3) is 11.8 Å². The van der Waals surface area contributed by atoms with Crippen LogP contribution < -0.4 is 9.47 Å².